The van der Waals surface area contributed by atoms with Crippen molar-refractivity contribution in [1.29, 1.82) is 0 Å². The Morgan fingerprint density at radius 1 is 0.947 bits per heavy atom. The number of ketones is 1. The molecule has 4 aliphatic carbocycles. The molecule has 4 fully saturated rings. The molecular weight excluding hydrogens is 468 g/mol. The second kappa shape index (κ2) is 9.30. The van der Waals surface area contributed by atoms with Crippen LogP contribution < -0.4 is 4.90 Å². The molecule has 0 N–H and O–H groups in total. The van der Waals surface area contributed by atoms with Crippen LogP contribution in [0.15, 0.2) is 29.3 Å². The van der Waals surface area contributed by atoms with E-state index in [0.717, 1.165) is 50.8 Å². The van der Waals surface area contributed by atoms with Crippen LogP contribution in [0.25, 0.3) is 0 Å². The molecule has 1 aromatic rings. The van der Waals surface area contributed by atoms with Gasteiger partial charge < -0.3 is 4.90 Å². The van der Waals surface area contributed by atoms with E-state index in [1.165, 1.54) is 30.5 Å². The topological polar surface area (TPSA) is 49.7 Å². The molecule has 1 unspecified atom stereocenters. The summed E-state index contributed by atoms with van der Waals surface area (Å²) < 4.78 is 0. The molecule has 206 valence electrons. The summed E-state index contributed by atoms with van der Waals surface area (Å²) in [5.41, 5.74) is 3.86. The van der Waals surface area contributed by atoms with Gasteiger partial charge in [-0.3, -0.25) is 14.6 Å². The zero-order chi connectivity index (χ0) is 26.9. The van der Waals surface area contributed by atoms with Gasteiger partial charge >= 0.3 is 0 Å². The molecule has 1 amide bonds. The van der Waals surface area contributed by atoms with Crippen molar-refractivity contribution in [2.75, 3.05) is 11.4 Å². The summed E-state index contributed by atoms with van der Waals surface area (Å²) in [6.45, 7) is 12.5. The number of carbonyl (C=O) groups is 2. The van der Waals surface area contributed by atoms with Gasteiger partial charge in [-0.2, -0.15) is 0 Å². The van der Waals surface area contributed by atoms with Crippen LogP contribution in [-0.2, 0) is 15.0 Å². The zero-order valence-electron chi connectivity index (χ0n) is 24.4. The smallest absolute Gasteiger partial charge is 0.230 e. The number of anilines is 1. The SMILES string of the molecule is CC(C)(C)c1ccc(N(C(=O)C2CC[C@H]3[C@@H]4CN=C5CC(=O)CC[C@]5(C)[C@@H]4CC[C@]23C)C2CCCC2)cc1. The monoisotopic (exact) mass is 516 g/mol. The standard InChI is InChI=1S/C34H48N2O2/c1-32(2,3)22-10-12-24(13-11-22)36(23-8-6-7-9-23)31(38)29-15-14-27-26-21-35-30-20-25(37)16-18-34(30,5)28(26)17-19-33(27,29)4/h10-13,23,26-29H,6-9,14-21H2,1-5H3/t26-,27-,28+,29?,33-,34+/m0/s1. The minimum atomic E-state index is 0.0499. The lowest BCUT2D eigenvalue weighted by Crippen LogP contribution is -2.55. The Morgan fingerprint density at radius 3 is 2.34 bits per heavy atom. The summed E-state index contributed by atoms with van der Waals surface area (Å²) in [5, 5.41) is 0. The van der Waals surface area contributed by atoms with Crippen LogP contribution in [0.4, 0.5) is 5.69 Å². The Bertz CT molecular complexity index is 1120. The molecular formula is C34H48N2O2. The first-order valence-corrected chi connectivity index (χ1v) is 15.5. The van der Waals surface area contributed by atoms with E-state index in [1.807, 2.05) is 0 Å². The number of nitrogens with zero attached hydrogens (tertiary/aromatic N) is 2. The number of benzene rings is 1. The van der Waals surface area contributed by atoms with Crippen molar-refractivity contribution in [3.63, 3.8) is 0 Å². The van der Waals surface area contributed by atoms with Crippen molar-refractivity contribution >= 4 is 23.1 Å². The molecule has 0 spiro atoms. The van der Waals surface area contributed by atoms with E-state index >= 15 is 0 Å². The molecule has 6 rings (SSSR count). The largest absolute Gasteiger partial charge is 0.309 e. The van der Waals surface area contributed by atoms with Crippen molar-refractivity contribution in [3.05, 3.63) is 29.8 Å². The van der Waals surface area contributed by atoms with Gasteiger partial charge in [-0.15, -0.1) is 0 Å². The van der Waals surface area contributed by atoms with Crippen molar-refractivity contribution < 1.29 is 9.59 Å². The van der Waals surface area contributed by atoms with E-state index < -0.39 is 0 Å². The first-order valence-electron chi connectivity index (χ1n) is 15.5. The molecule has 4 heteroatoms. The highest BCUT2D eigenvalue weighted by atomic mass is 16.2. The average Bonchev–Trinajstić information content (AvgIpc) is 3.52. The van der Waals surface area contributed by atoms with E-state index in [2.05, 4.69) is 63.8 Å². The number of aliphatic imine (C=N–C) groups is 1. The average molecular weight is 517 g/mol. The minimum absolute atomic E-state index is 0.0499. The van der Waals surface area contributed by atoms with Gasteiger partial charge in [0.2, 0.25) is 5.91 Å². The Balaban J connectivity index is 1.28. The lowest BCUT2D eigenvalue weighted by atomic mass is 9.49. The first kappa shape index (κ1) is 26.3. The highest BCUT2D eigenvalue weighted by Gasteiger charge is 2.61. The second-order valence-electron chi connectivity index (χ2n) is 14.9. The van der Waals surface area contributed by atoms with Crippen LogP contribution in [0.2, 0.25) is 0 Å². The molecule has 0 radical (unpaired) electrons. The molecule has 1 aliphatic heterocycles. The number of rotatable bonds is 3. The van der Waals surface area contributed by atoms with Crippen molar-refractivity contribution in [2.45, 2.75) is 117 Å². The highest BCUT2D eigenvalue weighted by molar-refractivity contribution is 6.07. The molecule has 0 bridgehead atoms. The lowest BCUT2D eigenvalue weighted by Gasteiger charge is -2.56. The van der Waals surface area contributed by atoms with E-state index in [1.54, 1.807) is 0 Å². The van der Waals surface area contributed by atoms with Gasteiger partial charge in [0, 0.05) is 48.2 Å². The summed E-state index contributed by atoms with van der Waals surface area (Å²) in [5.74, 6) is 2.59. The Morgan fingerprint density at radius 2 is 1.66 bits per heavy atom. The third-order valence-corrected chi connectivity index (χ3v) is 11.9. The number of carbonyl (C=O) groups excluding carboxylic acids is 2. The van der Waals surface area contributed by atoms with E-state index in [9.17, 15) is 9.59 Å². The number of Topliss-reactive ketones (excluding diaryl/α,β-unsaturated/α-hetero) is 1. The third-order valence-electron chi connectivity index (χ3n) is 11.9. The Labute approximate surface area is 230 Å². The first-order chi connectivity index (χ1) is 18.0. The van der Waals surface area contributed by atoms with E-state index in [0.29, 0.717) is 48.3 Å². The molecule has 4 saturated carbocycles. The fraction of sp³-hybridized carbons (Fsp3) is 0.735. The fourth-order valence-corrected chi connectivity index (χ4v) is 9.58. The molecule has 4 nitrogen and oxygen atoms in total. The maximum absolute atomic E-state index is 14.6. The molecule has 1 aromatic carbocycles. The second-order valence-corrected chi connectivity index (χ2v) is 14.9. The molecule has 0 aromatic heterocycles. The normalized spacial score (nSPS) is 37.3. The minimum Gasteiger partial charge on any atom is -0.309 e. The van der Waals surface area contributed by atoms with Gasteiger partial charge in [-0.1, -0.05) is 59.6 Å². The summed E-state index contributed by atoms with van der Waals surface area (Å²) >= 11 is 0. The maximum Gasteiger partial charge on any atom is 0.230 e. The molecule has 38 heavy (non-hydrogen) atoms. The maximum atomic E-state index is 14.6. The fourth-order valence-electron chi connectivity index (χ4n) is 9.58. The van der Waals surface area contributed by atoms with E-state index in [4.69, 9.17) is 4.99 Å². The van der Waals surface area contributed by atoms with Gasteiger partial charge in [0.1, 0.15) is 5.78 Å². The summed E-state index contributed by atoms with van der Waals surface area (Å²) in [6.07, 6.45) is 11.4. The van der Waals surface area contributed by atoms with Gasteiger partial charge in [-0.05, 0) is 91.2 Å². The predicted octanol–water partition coefficient (Wildman–Crippen LogP) is 7.53. The van der Waals surface area contributed by atoms with Gasteiger partial charge in [0.05, 0.1) is 0 Å². The molecule has 0 saturated heterocycles. The summed E-state index contributed by atoms with van der Waals surface area (Å²) in [6, 6.07) is 9.24. The van der Waals surface area contributed by atoms with Crippen LogP contribution in [0, 0.1) is 34.5 Å². The quantitative estimate of drug-likeness (QED) is 0.417. The van der Waals surface area contributed by atoms with Crippen LogP contribution in [0.5, 0.6) is 0 Å². The zero-order valence-corrected chi connectivity index (χ0v) is 24.4. The van der Waals surface area contributed by atoms with Gasteiger partial charge in [0.25, 0.3) is 0 Å². The molecule has 1 heterocycles. The van der Waals surface area contributed by atoms with Crippen LogP contribution in [0.1, 0.15) is 111 Å². The predicted molar refractivity (Wildman–Crippen MR) is 155 cm³/mol. The van der Waals surface area contributed by atoms with Crippen molar-refractivity contribution in [2.24, 2.45) is 39.5 Å². The molecule has 5 aliphatic rings. The number of hydrogen-bond acceptors (Lipinski definition) is 3. The van der Waals surface area contributed by atoms with Crippen molar-refractivity contribution in [1.82, 2.24) is 0 Å². The highest BCUT2D eigenvalue weighted by Crippen LogP contribution is 2.64. The number of fused-ring (bicyclic) bond motifs is 5. The van der Waals surface area contributed by atoms with Crippen molar-refractivity contribution in [3.8, 4) is 0 Å². The Hall–Kier alpha value is -1.97. The van der Waals surface area contributed by atoms with Crippen LogP contribution >= 0.6 is 0 Å². The van der Waals surface area contributed by atoms with E-state index in [-0.39, 0.29) is 22.2 Å². The summed E-state index contributed by atoms with van der Waals surface area (Å²) in [7, 11) is 0. The Kier molecular flexibility index (Phi) is 6.43. The molecule has 6 atom stereocenters. The lowest BCUT2D eigenvalue weighted by molar-refractivity contribution is -0.129. The van der Waals surface area contributed by atoms with Gasteiger partial charge in [-0.25, -0.2) is 0 Å². The van der Waals surface area contributed by atoms with Gasteiger partial charge in [0.15, 0.2) is 0 Å². The van der Waals surface area contributed by atoms with Crippen LogP contribution in [-0.4, -0.2) is 30.0 Å². The third kappa shape index (κ3) is 4.11. The number of amides is 1. The number of hydrogen-bond donors (Lipinski definition) is 0. The van der Waals surface area contributed by atoms with Crippen LogP contribution in [0.3, 0.4) is 0 Å². The summed E-state index contributed by atoms with van der Waals surface area (Å²) in [4.78, 5) is 34.2.